The molecule has 1 saturated heterocycles. The normalized spacial score (nSPS) is 18.7. The van der Waals surface area contributed by atoms with Crippen LogP contribution >= 0.6 is 23.8 Å². The minimum atomic E-state index is -0.115. The maximum atomic E-state index is 11.8. The van der Waals surface area contributed by atoms with Crippen molar-refractivity contribution in [1.29, 1.82) is 0 Å². The number of likely N-dealkylation sites (tertiary alicyclic amines) is 1. The zero-order valence-corrected chi connectivity index (χ0v) is 13.0. The van der Waals surface area contributed by atoms with Crippen molar-refractivity contribution in [3.05, 3.63) is 34.9 Å². The smallest absolute Gasteiger partial charge is 0.310 e. The van der Waals surface area contributed by atoms with Crippen LogP contribution in [0.1, 0.15) is 25.3 Å². The van der Waals surface area contributed by atoms with Gasteiger partial charge in [-0.05, 0) is 31.9 Å². The van der Waals surface area contributed by atoms with E-state index >= 15 is 0 Å². The molecular formula is C15H18ClNO2S. The average Bonchev–Trinajstić information content (AvgIpc) is 2.48. The molecule has 0 saturated carbocycles. The lowest BCUT2D eigenvalue weighted by atomic mass is 9.97. The minimum Gasteiger partial charge on any atom is -0.466 e. The third kappa shape index (κ3) is 3.70. The van der Waals surface area contributed by atoms with Gasteiger partial charge in [-0.15, -0.1) is 0 Å². The summed E-state index contributed by atoms with van der Waals surface area (Å²) in [6, 6.07) is 7.49. The summed E-state index contributed by atoms with van der Waals surface area (Å²) in [6.45, 7) is 3.78. The standard InChI is InChI=1S/C15H18ClNO2S/c1-2-19-15(18)12-4-3-9-17(10-12)14(20)11-5-7-13(16)8-6-11/h5-8,12H,2-4,9-10H2,1H3/t12-/m1/s1. The van der Waals surface area contributed by atoms with Crippen molar-refractivity contribution in [3.63, 3.8) is 0 Å². The third-order valence-electron chi connectivity index (χ3n) is 3.42. The lowest BCUT2D eigenvalue weighted by Crippen LogP contribution is -2.42. The van der Waals surface area contributed by atoms with Gasteiger partial charge in [0, 0.05) is 23.7 Å². The zero-order valence-electron chi connectivity index (χ0n) is 11.5. The van der Waals surface area contributed by atoms with E-state index in [2.05, 4.69) is 4.90 Å². The van der Waals surface area contributed by atoms with E-state index in [4.69, 9.17) is 28.6 Å². The Morgan fingerprint density at radius 3 is 2.80 bits per heavy atom. The summed E-state index contributed by atoms with van der Waals surface area (Å²) in [6.07, 6.45) is 1.83. The molecule has 1 aromatic rings. The van der Waals surface area contributed by atoms with Gasteiger partial charge >= 0.3 is 5.97 Å². The summed E-state index contributed by atoms with van der Waals surface area (Å²) in [5, 5.41) is 0.694. The lowest BCUT2D eigenvalue weighted by Gasteiger charge is -2.33. The third-order valence-corrected chi connectivity index (χ3v) is 4.17. The lowest BCUT2D eigenvalue weighted by molar-refractivity contribution is -0.149. The molecule has 0 radical (unpaired) electrons. The predicted octanol–water partition coefficient (Wildman–Crippen LogP) is 3.29. The van der Waals surface area contributed by atoms with E-state index in [0.717, 1.165) is 29.9 Å². The summed E-state index contributed by atoms with van der Waals surface area (Å²) in [7, 11) is 0. The Hall–Kier alpha value is -1.13. The van der Waals surface area contributed by atoms with Crippen LogP contribution in [0.25, 0.3) is 0 Å². The van der Waals surface area contributed by atoms with E-state index in [0.29, 0.717) is 18.2 Å². The molecule has 0 unspecified atom stereocenters. The number of thiocarbonyl (C=S) groups is 1. The van der Waals surface area contributed by atoms with Crippen LogP contribution in [0.2, 0.25) is 5.02 Å². The topological polar surface area (TPSA) is 29.5 Å². The van der Waals surface area contributed by atoms with Crippen LogP contribution in [0.15, 0.2) is 24.3 Å². The van der Waals surface area contributed by atoms with E-state index in [1.54, 1.807) is 0 Å². The zero-order chi connectivity index (χ0) is 14.5. The quantitative estimate of drug-likeness (QED) is 0.633. The Morgan fingerprint density at radius 1 is 1.45 bits per heavy atom. The molecule has 1 aromatic carbocycles. The number of nitrogens with zero attached hydrogens (tertiary/aromatic N) is 1. The van der Waals surface area contributed by atoms with E-state index in [-0.39, 0.29) is 11.9 Å². The van der Waals surface area contributed by atoms with Gasteiger partial charge in [0.1, 0.15) is 4.99 Å². The molecule has 1 aliphatic rings. The van der Waals surface area contributed by atoms with Gasteiger partial charge in [0.25, 0.3) is 0 Å². The predicted molar refractivity (Wildman–Crippen MR) is 84.1 cm³/mol. The van der Waals surface area contributed by atoms with Crippen molar-refractivity contribution in [2.75, 3.05) is 19.7 Å². The van der Waals surface area contributed by atoms with Crippen LogP contribution < -0.4 is 0 Å². The molecule has 2 rings (SSSR count). The molecule has 0 amide bonds. The fraction of sp³-hybridized carbons (Fsp3) is 0.467. The highest BCUT2D eigenvalue weighted by atomic mass is 35.5. The SMILES string of the molecule is CCOC(=O)[C@@H]1CCCN(C(=S)c2ccc(Cl)cc2)C1. The van der Waals surface area contributed by atoms with Crippen LogP contribution in [0.4, 0.5) is 0 Å². The van der Waals surface area contributed by atoms with Crippen molar-refractivity contribution < 1.29 is 9.53 Å². The number of hydrogen-bond acceptors (Lipinski definition) is 3. The first-order chi connectivity index (χ1) is 9.61. The molecule has 3 nitrogen and oxygen atoms in total. The Balaban J connectivity index is 2.03. The molecule has 0 aliphatic carbocycles. The highest BCUT2D eigenvalue weighted by Crippen LogP contribution is 2.21. The van der Waals surface area contributed by atoms with Crippen molar-refractivity contribution in [2.45, 2.75) is 19.8 Å². The van der Waals surface area contributed by atoms with Gasteiger partial charge < -0.3 is 9.64 Å². The summed E-state index contributed by atoms with van der Waals surface area (Å²) in [5.74, 6) is -0.190. The second-order valence-electron chi connectivity index (χ2n) is 4.85. The van der Waals surface area contributed by atoms with Gasteiger partial charge in [0.15, 0.2) is 0 Å². The molecule has 20 heavy (non-hydrogen) atoms. The van der Waals surface area contributed by atoms with Gasteiger partial charge in [-0.25, -0.2) is 0 Å². The highest BCUT2D eigenvalue weighted by molar-refractivity contribution is 7.80. The van der Waals surface area contributed by atoms with Crippen LogP contribution in [-0.2, 0) is 9.53 Å². The number of carbonyl (C=O) groups excluding carboxylic acids is 1. The van der Waals surface area contributed by atoms with Gasteiger partial charge in [-0.2, -0.15) is 0 Å². The molecule has 5 heteroatoms. The summed E-state index contributed by atoms with van der Waals surface area (Å²) in [5.41, 5.74) is 0.967. The fourth-order valence-electron chi connectivity index (χ4n) is 2.39. The van der Waals surface area contributed by atoms with Crippen LogP contribution in [0, 0.1) is 5.92 Å². The first-order valence-corrected chi connectivity index (χ1v) is 7.62. The van der Waals surface area contributed by atoms with Gasteiger partial charge in [0.2, 0.25) is 0 Å². The number of carbonyl (C=O) groups is 1. The van der Waals surface area contributed by atoms with E-state index < -0.39 is 0 Å². The average molecular weight is 312 g/mol. The molecular weight excluding hydrogens is 294 g/mol. The number of rotatable bonds is 3. The molecule has 1 aliphatic heterocycles. The highest BCUT2D eigenvalue weighted by Gasteiger charge is 2.28. The number of halogens is 1. The maximum Gasteiger partial charge on any atom is 0.310 e. The van der Waals surface area contributed by atoms with Crippen molar-refractivity contribution in [2.24, 2.45) is 5.92 Å². The van der Waals surface area contributed by atoms with Crippen LogP contribution in [0.5, 0.6) is 0 Å². The van der Waals surface area contributed by atoms with Crippen LogP contribution in [-0.4, -0.2) is 35.6 Å². The number of benzene rings is 1. The molecule has 0 bridgehead atoms. The Kier molecular flexibility index (Phi) is 5.38. The maximum absolute atomic E-state index is 11.8. The van der Waals surface area contributed by atoms with Crippen molar-refractivity contribution in [3.8, 4) is 0 Å². The Bertz CT molecular complexity index is 489. The first kappa shape index (κ1) is 15.3. The monoisotopic (exact) mass is 311 g/mol. The van der Waals surface area contributed by atoms with Crippen molar-refractivity contribution in [1.82, 2.24) is 4.90 Å². The van der Waals surface area contributed by atoms with E-state index in [9.17, 15) is 4.79 Å². The Labute approximate surface area is 129 Å². The minimum absolute atomic E-state index is 0.0750. The molecule has 0 N–H and O–H groups in total. The summed E-state index contributed by atoms with van der Waals surface area (Å²) >= 11 is 11.4. The van der Waals surface area contributed by atoms with Gasteiger partial charge in [-0.1, -0.05) is 36.0 Å². The molecule has 1 heterocycles. The molecule has 0 aromatic heterocycles. The second kappa shape index (κ2) is 7.04. The van der Waals surface area contributed by atoms with Gasteiger partial charge in [0.05, 0.1) is 12.5 Å². The summed E-state index contributed by atoms with van der Waals surface area (Å²) in [4.78, 5) is 14.7. The number of esters is 1. The largest absolute Gasteiger partial charge is 0.466 e. The molecule has 1 fully saturated rings. The first-order valence-electron chi connectivity index (χ1n) is 6.83. The van der Waals surface area contributed by atoms with Gasteiger partial charge in [-0.3, -0.25) is 4.79 Å². The second-order valence-corrected chi connectivity index (χ2v) is 5.67. The van der Waals surface area contributed by atoms with E-state index in [1.165, 1.54) is 0 Å². The van der Waals surface area contributed by atoms with Crippen molar-refractivity contribution >= 4 is 34.8 Å². The number of piperidine rings is 1. The molecule has 108 valence electrons. The fourth-order valence-corrected chi connectivity index (χ4v) is 2.82. The van der Waals surface area contributed by atoms with Crippen LogP contribution in [0.3, 0.4) is 0 Å². The number of ether oxygens (including phenoxy) is 1. The van der Waals surface area contributed by atoms with E-state index in [1.807, 2.05) is 31.2 Å². The Morgan fingerprint density at radius 2 is 2.15 bits per heavy atom. The summed E-state index contributed by atoms with van der Waals surface area (Å²) < 4.78 is 5.10. The molecule has 1 atom stereocenters. The molecule has 0 spiro atoms. The number of hydrogen-bond donors (Lipinski definition) is 0.